The number of nitrogens with zero attached hydrogens (tertiary/aromatic N) is 3. The van der Waals surface area contributed by atoms with E-state index < -0.39 is 17.7 Å². The summed E-state index contributed by atoms with van der Waals surface area (Å²) in [4.78, 5) is 55.2. The molecule has 5 aromatic carbocycles. The van der Waals surface area contributed by atoms with E-state index >= 15 is 0 Å². The molecule has 1 aliphatic carbocycles. The molecule has 0 radical (unpaired) electrons. The van der Waals surface area contributed by atoms with Crippen molar-refractivity contribution in [1.29, 1.82) is 0 Å². The summed E-state index contributed by atoms with van der Waals surface area (Å²) >= 11 is 3.31. The predicted molar refractivity (Wildman–Crippen MR) is 398 cm³/mol. The molecule has 4 aliphatic heterocycles. The molecule has 2 N–H and O–H groups in total. The third-order valence-corrected chi connectivity index (χ3v) is 17.5. The summed E-state index contributed by atoms with van der Waals surface area (Å²) in [5.74, 6) is 1.64. The van der Waals surface area contributed by atoms with Crippen molar-refractivity contribution in [3.05, 3.63) is 213 Å². The van der Waals surface area contributed by atoms with Crippen molar-refractivity contribution in [3.8, 4) is 11.5 Å². The first kappa shape index (κ1) is 78.1. The van der Waals surface area contributed by atoms with Gasteiger partial charge in [0.25, 0.3) is 5.69 Å². The van der Waals surface area contributed by atoms with Gasteiger partial charge in [-0.15, -0.1) is 23.1 Å². The van der Waals surface area contributed by atoms with Crippen LogP contribution in [0.15, 0.2) is 163 Å². The SMILES string of the molecule is C.C=C1C=C(C(F)(F)F)c2ccc(CC(C)(C)C)cc2O1.C=C1C=C(CC(=O)O)c2ccc(CC(C)(C)C)cc2O1.CC(=O)[C@H]1CSC(c2nc3ccc(CC(C)(C)C)cc3s2)=N1.CC(C)(C)Cc1ccc2c(c1)C(=O)C1C=CC=CC1N2.C[N+](=O)c1ccc(CC(C)(C)C)cc1. The summed E-state index contributed by atoms with van der Waals surface area (Å²) in [6.45, 7) is 41.7. The Kier molecular flexibility index (Phi) is 25.5. The number of fused-ring (bicyclic) bond motifs is 5. The lowest BCUT2D eigenvalue weighted by atomic mass is 9.81. The molecule has 0 saturated carbocycles. The number of ketones is 2. The number of halogens is 3. The van der Waals surface area contributed by atoms with E-state index in [9.17, 15) is 32.5 Å². The zero-order chi connectivity index (χ0) is 71.0. The molecule has 16 heteroatoms. The number of allylic oxidation sites excluding steroid dienone is 5. The van der Waals surface area contributed by atoms with E-state index in [1.165, 1.54) is 40.1 Å². The van der Waals surface area contributed by atoms with Gasteiger partial charge in [-0.05, 0) is 148 Å². The van der Waals surface area contributed by atoms with Crippen LogP contribution in [0.4, 0.5) is 24.5 Å². The highest BCUT2D eigenvalue weighted by Gasteiger charge is 2.39. The molecule has 5 heterocycles. The van der Waals surface area contributed by atoms with Crippen molar-refractivity contribution in [2.45, 2.75) is 175 Å². The molecule has 0 bridgehead atoms. The van der Waals surface area contributed by atoms with Crippen molar-refractivity contribution in [2.24, 2.45) is 38.0 Å². The number of ether oxygens (including phenoxy) is 2. The van der Waals surface area contributed by atoms with Crippen LogP contribution in [0, 0.1) is 37.9 Å². The van der Waals surface area contributed by atoms with E-state index in [1.54, 1.807) is 48.2 Å². The van der Waals surface area contributed by atoms with Crippen molar-refractivity contribution >= 4 is 78.4 Å². The number of thioether (sulfide) groups is 1. The number of benzene rings is 5. The van der Waals surface area contributed by atoms with E-state index in [1.807, 2.05) is 60.7 Å². The summed E-state index contributed by atoms with van der Waals surface area (Å²) in [6, 6.07) is 31.3. The lowest BCUT2D eigenvalue weighted by Crippen LogP contribution is -2.38. The van der Waals surface area contributed by atoms with Crippen LogP contribution in [-0.4, -0.2) is 68.5 Å². The van der Waals surface area contributed by atoms with Crippen LogP contribution in [0.3, 0.4) is 0 Å². The number of carbonyl (C=O) groups is 3. The predicted octanol–water partition coefficient (Wildman–Crippen LogP) is 21.4. The number of rotatable bonds is 10. The first-order chi connectivity index (χ1) is 44.4. The third kappa shape index (κ3) is 23.9. The maximum absolute atomic E-state index is 13.0. The smallest absolute Gasteiger partial charge is 0.417 e. The highest BCUT2D eigenvalue weighted by molar-refractivity contribution is 8.15. The Morgan fingerprint density at radius 3 is 1.63 bits per heavy atom. The van der Waals surface area contributed by atoms with Crippen LogP contribution in [-0.2, 0) is 41.7 Å². The molecule has 11 rings (SSSR count). The monoisotopic (exact) mass is 1360 g/mol. The number of aromatic nitrogens is 1. The topological polar surface area (TPSA) is 147 Å². The quantitative estimate of drug-likeness (QED) is 0.127. The van der Waals surface area contributed by atoms with E-state index in [2.05, 4.69) is 175 Å². The standard InChI is InChI=1S/C18H21NO.C17H20N2OS2.C17H20O3.C16H17F3O.C12H18NO.CH4/c1-18(2,3)11-12-8-9-16-14(10-12)17(20)13-6-4-5-7-15(13)19-16;1-10(20)13-9-21-15(19-13)16-18-12-6-5-11(7-14(12)22-16)8-17(2,3)4;1-11-7-13(9-16(18)19)14-6-5-12(8-15(14)20-11)10-17(2,3)4;1-10-7-13(16(17,18)19)12-6-5-11(8-14(12)20-10)9-15(2,3)4;1-12(2,3)9-10-5-7-11(8-6-10)13(4)14;/h4-10,13,15,19H,11H2,1-3H3;5-7,13H,8-9H2,1-4H3;5-8H,1,9-10H2,2-4H3,(H,18,19);5-8H,1,9H2,2-4H3;5-8H,9H2,1-4H3;1H4/q;;;;+1;/t;13-;;;;/m.1..../s1. The number of nitrogens with one attached hydrogen (secondary N) is 1. The minimum atomic E-state index is -4.41. The molecule has 1 aromatic heterocycles. The first-order valence-electron chi connectivity index (χ1n) is 32.6. The van der Waals surface area contributed by atoms with Crippen molar-refractivity contribution in [2.75, 3.05) is 18.1 Å². The fourth-order valence-electron chi connectivity index (χ4n) is 11.5. The maximum Gasteiger partial charge on any atom is 0.417 e. The minimum absolute atomic E-state index is 0. The fraction of sp³-hybridized carbons (Fsp3) is 0.420. The number of thiazole rings is 1. The lowest BCUT2D eigenvalue weighted by Gasteiger charge is -2.32. The third-order valence-electron chi connectivity index (χ3n) is 15.3. The molecule has 0 fully saturated rings. The molecular formula is C81H100F3N4O7S2+. The number of carboxylic acids is 1. The van der Waals surface area contributed by atoms with Gasteiger partial charge in [0.15, 0.2) is 18.6 Å². The highest BCUT2D eigenvalue weighted by Crippen LogP contribution is 2.44. The molecule has 97 heavy (non-hydrogen) atoms. The van der Waals surface area contributed by atoms with Gasteiger partial charge >= 0.3 is 12.1 Å². The van der Waals surface area contributed by atoms with Gasteiger partial charge in [-0.25, -0.2) is 4.98 Å². The van der Waals surface area contributed by atoms with Crippen molar-refractivity contribution in [1.82, 2.24) is 4.98 Å². The van der Waals surface area contributed by atoms with Gasteiger partial charge < -0.3 is 19.9 Å². The molecule has 11 nitrogen and oxygen atoms in total. The summed E-state index contributed by atoms with van der Waals surface area (Å²) in [5, 5.41) is 14.3. The van der Waals surface area contributed by atoms with Gasteiger partial charge in [0, 0.05) is 49.9 Å². The number of Topliss-reactive ketones (excluding diaryl/α,β-unsaturated/α-hetero) is 2. The summed E-state index contributed by atoms with van der Waals surface area (Å²) in [6.07, 6.45) is 11.0. The number of nitroso groups, excluding NO2 is 1. The summed E-state index contributed by atoms with van der Waals surface area (Å²) < 4.78 is 52.1. The van der Waals surface area contributed by atoms with Gasteiger partial charge in [-0.2, -0.15) is 13.2 Å². The number of alkyl halides is 3. The van der Waals surface area contributed by atoms with E-state index in [4.69, 9.17) is 14.6 Å². The first-order valence-corrected chi connectivity index (χ1v) is 34.4. The normalized spacial score (nSPS) is 17.0. The maximum atomic E-state index is 13.0. The van der Waals surface area contributed by atoms with Crippen LogP contribution in [0.2, 0.25) is 0 Å². The molecule has 518 valence electrons. The molecule has 5 aliphatic rings. The number of anilines is 1. The van der Waals surface area contributed by atoms with Crippen molar-refractivity contribution < 1.29 is 46.9 Å². The number of carboxylic acid groups (broad SMARTS) is 1. The average molecular weight is 1360 g/mol. The molecule has 0 spiro atoms. The Morgan fingerprint density at radius 1 is 0.639 bits per heavy atom. The second kappa shape index (κ2) is 31.7. The van der Waals surface area contributed by atoms with Crippen LogP contribution in [0.25, 0.3) is 21.4 Å². The van der Waals surface area contributed by atoms with Crippen LogP contribution >= 0.6 is 23.1 Å². The zero-order valence-corrected chi connectivity index (χ0v) is 60.6. The van der Waals surface area contributed by atoms with Gasteiger partial charge in [-0.1, -0.05) is 197 Å². The molecular weight excluding hydrogens is 1260 g/mol. The van der Waals surface area contributed by atoms with Crippen LogP contribution in [0.5, 0.6) is 11.5 Å². The number of aliphatic imine (C=N–C) groups is 1. The number of hydrogen-bond acceptors (Lipinski definition) is 11. The molecule has 3 atom stereocenters. The Hall–Kier alpha value is -7.95. The van der Waals surface area contributed by atoms with Gasteiger partial charge in [0.2, 0.25) is 0 Å². The van der Waals surface area contributed by atoms with E-state index in [0.717, 1.165) is 92.2 Å². The van der Waals surface area contributed by atoms with Crippen LogP contribution < -0.4 is 14.8 Å². The van der Waals surface area contributed by atoms with Crippen molar-refractivity contribution in [3.63, 3.8) is 0 Å². The highest BCUT2D eigenvalue weighted by atomic mass is 32.2. The van der Waals surface area contributed by atoms with E-state index in [0.29, 0.717) is 22.6 Å². The minimum Gasteiger partial charge on any atom is -0.481 e. The van der Waals surface area contributed by atoms with Gasteiger partial charge in [-0.3, -0.25) is 19.4 Å². The molecule has 0 amide bonds. The molecule has 6 aromatic rings. The number of hydrogen-bond donors (Lipinski definition) is 2. The largest absolute Gasteiger partial charge is 0.481 e. The Bertz CT molecular complexity index is 4060. The van der Waals surface area contributed by atoms with E-state index in [-0.39, 0.29) is 82.1 Å². The summed E-state index contributed by atoms with van der Waals surface area (Å²) in [7, 11) is 1.51. The molecule has 0 saturated heterocycles. The Balaban J connectivity index is 0.000000192. The average Bonchev–Trinajstić information content (AvgIpc) is 1.43. The number of carbonyl (C=O) groups excluding carboxylic acids is 2. The fourth-order valence-corrected chi connectivity index (χ4v) is 13.8. The summed E-state index contributed by atoms with van der Waals surface area (Å²) in [5.41, 5.74) is 11.5. The van der Waals surface area contributed by atoms with Gasteiger partial charge in [0.1, 0.15) is 39.1 Å². The lowest BCUT2D eigenvalue weighted by molar-refractivity contribution is -0.428. The Labute approximate surface area is 582 Å². The van der Waals surface area contributed by atoms with Gasteiger partial charge in [0.05, 0.1) is 34.2 Å². The van der Waals surface area contributed by atoms with Crippen LogP contribution in [0.1, 0.15) is 179 Å². The number of aliphatic carboxylic acids is 1. The second-order valence-electron chi connectivity index (χ2n) is 31.3. The Morgan fingerprint density at radius 2 is 1.11 bits per heavy atom. The molecule has 2 unspecified atom stereocenters. The second-order valence-corrected chi connectivity index (χ2v) is 33.4. The zero-order valence-electron chi connectivity index (χ0n) is 59.0.